The van der Waals surface area contributed by atoms with Crippen LogP contribution in [0.4, 0.5) is 0 Å². The van der Waals surface area contributed by atoms with Gasteiger partial charge in [0.15, 0.2) is 0 Å². The van der Waals surface area contributed by atoms with E-state index < -0.39 is 0 Å². The van der Waals surface area contributed by atoms with Crippen molar-refractivity contribution in [1.29, 1.82) is 0 Å². The van der Waals surface area contributed by atoms with E-state index in [1.807, 2.05) is 12.2 Å². The lowest BCUT2D eigenvalue weighted by molar-refractivity contribution is 0.413. The second-order valence-corrected chi connectivity index (χ2v) is 4.66. The van der Waals surface area contributed by atoms with Gasteiger partial charge in [-0.25, -0.2) is 0 Å². The normalized spacial score (nSPS) is 13.8. The largest absolute Gasteiger partial charge is 0.307 e. The zero-order chi connectivity index (χ0) is 13.2. The van der Waals surface area contributed by atoms with Gasteiger partial charge in [-0.05, 0) is 24.8 Å². The molecule has 0 aliphatic heterocycles. The number of rotatable bonds is 9. The second-order valence-electron chi connectivity index (χ2n) is 4.66. The van der Waals surface area contributed by atoms with E-state index >= 15 is 0 Å². The Morgan fingerprint density at radius 2 is 1.78 bits per heavy atom. The minimum absolute atomic E-state index is 0.361. The van der Waals surface area contributed by atoms with Gasteiger partial charge in [0.2, 0.25) is 0 Å². The Hall–Kier alpha value is -1.34. The molecule has 18 heavy (non-hydrogen) atoms. The van der Waals surface area contributed by atoms with Crippen molar-refractivity contribution >= 4 is 0 Å². The SMILES string of the molecule is C=CCC(CCC)NC(CC=C)c1ccccc1. The fraction of sp³-hybridized carbons (Fsp3) is 0.412. The van der Waals surface area contributed by atoms with E-state index in [2.05, 4.69) is 55.7 Å². The first-order chi connectivity index (χ1) is 8.81. The molecule has 0 aliphatic carbocycles. The third kappa shape index (κ3) is 4.89. The van der Waals surface area contributed by atoms with Crippen LogP contribution in [0.3, 0.4) is 0 Å². The van der Waals surface area contributed by atoms with Crippen molar-refractivity contribution in [1.82, 2.24) is 5.32 Å². The lowest BCUT2D eigenvalue weighted by Crippen LogP contribution is -2.32. The zero-order valence-electron chi connectivity index (χ0n) is 11.4. The Morgan fingerprint density at radius 1 is 1.11 bits per heavy atom. The molecule has 0 amide bonds. The molecule has 1 rings (SSSR count). The quantitative estimate of drug-likeness (QED) is 0.623. The lowest BCUT2D eigenvalue weighted by Gasteiger charge is -2.24. The van der Waals surface area contributed by atoms with E-state index in [4.69, 9.17) is 0 Å². The minimum Gasteiger partial charge on any atom is -0.307 e. The summed E-state index contributed by atoms with van der Waals surface area (Å²) in [5, 5.41) is 3.73. The van der Waals surface area contributed by atoms with Gasteiger partial charge in [0.05, 0.1) is 0 Å². The van der Waals surface area contributed by atoms with Gasteiger partial charge in [-0.1, -0.05) is 55.8 Å². The third-order valence-corrected chi connectivity index (χ3v) is 3.13. The molecule has 2 atom stereocenters. The number of benzene rings is 1. The highest BCUT2D eigenvalue weighted by Crippen LogP contribution is 2.19. The number of hydrogen-bond acceptors (Lipinski definition) is 1. The summed E-state index contributed by atoms with van der Waals surface area (Å²) in [5.41, 5.74) is 1.34. The summed E-state index contributed by atoms with van der Waals surface area (Å²) in [6.07, 6.45) is 8.36. The van der Waals surface area contributed by atoms with Crippen LogP contribution in [0.1, 0.15) is 44.2 Å². The molecule has 98 valence electrons. The van der Waals surface area contributed by atoms with Crippen molar-refractivity contribution in [3.8, 4) is 0 Å². The third-order valence-electron chi connectivity index (χ3n) is 3.13. The second kappa shape index (κ2) is 8.71. The van der Waals surface area contributed by atoms with Gasteiger partial charge in [-0.2, -0.15) is 0 Å². The number of hydrogen-bond donors (Lipinski definition) is 1. The summed E-state index contributed by atoms with van der Waals surface area (Å²) < 4.78 is 0. The van der Waals surface area contributed by atoms with Crippen molar-refractivity contribution in [2.24, 2.45) is 0 Å². The van der Waals surface area contributed by atoms with Crippen LogP contribution in [-0.2, 0) is 0 Å². The van der Waals surface area contributed by atoms with Crippen molar-refractivity contribution in [2.75, 3.05) is 0 Å². The van der Waals surface area contributed by atoms with E-state index in [-0.39, 0.29) is 0 Å². The maximum absolute atomic E-state index is 3.87. The van der Waals surface area contributed by atoms with Crippen LogP contribution in [-0.4, -0.2) is 6.04 Å². The molecule has 0 heterocycles. The van der Waals surface area contributed by atoms with Crippen molar-refractivity contribution in [3.05, 3.63) is 61.2 Å². The molecule has 0 aromatic heterocycles. The van der Waals surface area contributed by atoms with Crippen LogP contribution >= 0.6 is 0 Å². The average molecular weight is 243 g/mol. The monoisotopic (exact) mass is 243 g/mol. The molecule has 0 saturated carbocycles. The molecule has 1 aromatic rings. The lowest BCUT2D eigenvalue weighted by atomic mass is 10.0. The van der Waals surface area contributed by atoms with Gasteiger partial charge in [-0.3, -0.25) is 0 Å². The zero-order valence-corrected chi connectivity index (χ0v) is 11.4. The van der Waals surface area contributed by atoms with Gasteiger partial charge in [-0.15, -0.1) is 13.2 Å². The van der Waals surface area contributed by atoms with Crippen molar-refractivity contribution < 1.29 is 0 Å². The molecule has 0 saturated heterocycles. The maximum atomic E-state index is 3.87. The summed E-state index contributed by atoms with van der Waals surface area (Å²) in [4.78, 5) is 0. The van der Waals surface area contributed by atoms with Crippen molar-refractivity contribution in [3.63, 3.8) is 0 Å². The van der Waals surface area contributed by atoms with Crippen LogP contribution in [0, 0.1) is 0 Å². The summed E-state index contributed by atoms with van der Waals surface area (Å²) in [5.74, 6) is 0. The summed E-state index contributed by atoms with van der Waals surface area (Å²) in [6, 6.07) is 11.5. The highest BCUT2D eigenvalue weighted by Gasteiger charge is 2.14. The van der Waals surface area contributed by atoms with Gasteiger partial charge < -0.3 is 5.32 Å². The van der Waals surface area contributed by atoms with E-state index in [1.165, 1.54) is 18.4 Å². The Bertz CT molecular complexity index is 342. The first-order valence-electron chi connectivity index (χ1n) is 6.84. The first-order valence-corrected chi connectivity index (χ1v) is 6.84. The van der Waals surface area contributed by atoms with Gasteiger partial charge >= 0.3 is 0 Å². The predicted octanol–water partition coefficient (Wildman–Crippen LogP) is 4.64. The molecule has 1 N–H and O–H groups in total. The molecule has 1 aromatic carbocycles. The van der Waals surface area contributed by atoms with Crippen LogP contribution in [0.25, 0.3) is 0 Å². The van der Waals surface area contributed by atoms with Gasteiger partial charge in [0, 0.05) is 12.1 Å². The van der Waals surface area contributed by atoms with E-state index in [0.29, 0.717) is 12.1 Å². The average Bonchev–Trinajstić information content (AvgIpc) is 2.40. The Labute approximate surface area is 112 Å². The van der Waals surface area contributed by atoms with Gasteiger partial charge in [0.25, 0.3) is 0 Å². The standard InChI is InChI=1S/C17H25N/c1-4-10-16(11-5-2)18-17(12-6-3)15-13-8-7-9-14-15/h4,6-9,13-14,16-18H,1,3,5,10-12H2,2H3. The topological polar surface area (TPSA) is 12.0 Å². The molecule has 0 fully saturated rings. The molecule has 1 heteroatoms. The highest BCUT2D eigenvalue weighted by atomic mass is 14.9. The van der Waals surface area contributed by atoms with E-state index in [1.54, 1.807) is 0 Å². The molecular formula is C17H25N. The van der Waals surface area contributed by atoms with E-state index in [9.17, 15) is 0 Å². The predicted molar refractivity (Wildman–Crippen MR) is 80.6 cm³/mol. The van der Waals surface area contributed by atoms with Crippen LogP contribution in [0.5, 0.6) is 0 Å². The fourth-order valence-corrected chi connectivity index (χ4v) is 2.26. The summed E-state index contributed by atoms with van der Waals surface area (Å²) >= 11 is 0. The van der Waals surface area contributed by atoms with Gasteiger partial charge in [0.1, 0.15) is 0 Å². The molecular weight excluding hydrogens is 218 g/mol. The fourth-order valence-electron chi connectivity index (χ4n) is 2.26. The molecule has 0 bridgehead atoms. The highest BCUT2D eigenvalue weighted by molar-refractivity contribution is 5.19. The minimum atomic E-state index is 0.361. The summed E-state index contributed by atoms with van der Waals surface area (Å²) in [7, 11) is 0. The molecule has 0 aliphatic rings. The maximum Gasteiger partial charge on any atom is 0.0357 e. The van der Waals surface area contributed by atoms with Crippen LogP contribution in [0.15, 0.2) is 55.6 Å². The van der Waals surface area contributed by atoms with Crippen molar-refractivity contribution in [2.45, 2.75) is 44.7 Å². The Morgan fingerprint density at radius 3 is 2.33 bits per heavy atom. The first kappa shape index (κ1) is 14.7. The van der Waals surface area contributed by atoms with Crippen LogP contribution < -0.4 is 5.32 Å². The molecule has 0 radical (unpaired) electrons. The summed E-state index contributed by atoms with van der Waals surface area (Å²) in [6.45, 7) is 9.94. The number of nitrogens with one attached hydrogen (secondary N) is 1. The Balaban J connectivity index is 2.71. The smallest absolute Gasteiger partial charge is 0.0357 e. The van der Waals surface area contributed by atoms with E-state index in [0.717, 1.165) is 12.8 Å². The Kier molecular flexibility index (Phi) is 7.12. The molecule has 0 spiro atoms. The van der Waals surface area contributed by atoms with Crippen LogP contribution in [0.2, 0.25) is 0 Å². The molecule has 1 nitrogen and oxygen atoms in total. The molecule has 2 unspecified atom stereocenters.